The Labute approximate surface area is 288 Å². The lowest BCUT2D eigenvalue weighted by molar-refractivity contribution is 0.0585. The van der Waals surface area contributed by atoms with Crippen molar-refractivity contribution >= 4 is 11.9 Å². The van der Waals surface area contributed by atoms with Crippen LogP contribution in [-0.4, -0.2) is 80.3 Å². The number of aryl methyl sites for hydroxylation is 1. The van der Waals surface area contributed by atoms with Gasteiger partial charge in [-0.15, -0.1) is 10.2 Å². The maximum absolute atomic E-state index is 11.7. The summed E-state index contributed by atoms with van der Waals surface area (Å²) < 4.78 is 23.4. The zero-order chi connectivity index (χ0) is 35.6. The molecule has 0 fully saturated rings. The number of carbonyl (C=O) groups excluding carboxylic acids is 2. The van der Waals surface area contributed by atoms with Crippen LogP contribution in [0.5, 0.6) is 11.5 Å². The Bertz CT molecular complexity index is 2070. The second kappa shape index (κ2) is 16.1. The van der Waals surface area contributed by atoms with Gasteiger partial charge in [-0.1, -0.05) is 34.7 Å². The molecule has 0 spiro atoms. The molecule has 14 heteroatoms. The Hall–Kier alpha value is -6.44. The standard InChI is InChI=1S/2C18H18N4O3/c1-12-17(14-8-9-19-16(10-14)18(23)25-3)20-21-22(12)11-13-4-6-15(24-2)7-5-13;1-12-17(14-8-9-19-16(10-14)18(23)25-3)22(21-20-12)11-13-4-6-15(24-2)7-5-13/h2*4-10H,11H2,1-3H3. The highest BCUT2D eigenvalue weighted by atomic mass is 16.5. The van der Waals surface area contributed by atoms with E-state index in [-0.39, 0.29) is 11.4 Å². The minimum atomic E-state index is -0.481. The number of nitrogens with zero attached hydrogens (tertiary/aromatic N) is 8. The number of aromatic nitrogens is 8. The van der Waals surface area contributed by atoms with Gasteiger partial charge in [0.1, 0.15) is 28.6 Å². The predicted molar refractivity (Wildman–Crippen MR) is 183 cm³/mol. The number of rotatable bonds is 10. The fourth-order valence-corrected chi connectivity index (χ4v) is 5.04. The Morgan fingerprint density at radius 1 is 0.620 bits per heavy atom. The van der Waals surface area contributed by atoms with Gasteiger partial charge in [-0.05, 0) is 73.5 Å². The van der Waals surface area contributed by atoms with Crippen LogP contribution >= 0.6 is 0 Å². The van der Waals surface area contributed by atoms with Crippen molar-refractivity contribution < 1.29 is 28.5 Å². The Balaban J connectivity index is 0.000000194. The highest BCUT2D eigenvalue weighted by Gasteiger charge is 2.17. The molecule has 14 nitrogen and oxygen atoms in total. The Kier molecular flexibility index (Phi) is 11.2. The Morgan fingerprint density at radius 3 is 1.62 bits per heavy atom. The zero-order valence-corrected chi connectivity index (χ0v) is 28.5. The molecule has 6 rings (SSSR count). The van der Waals surface area contributed by atoms with Crippen LogP contribution in [-0.2, 0) is 22.6 Å². The molecule has 0 atom stereocenters. The maximum atomic E-state index is 11.7. The molecule has 50 heavy (non-hydrogen) atoms. The molecule has 4 aromatic heterocycles. The normalized spacial score (nSPS) is 10.5. The van der Waals surface area contributed by atoms with E-state index >= 15 is 0 Å². The van der Waals surface area contributed by atoms with Gasteiger partial charge < -0.3 is 18.9 Å². The first-order valence-electron chi connectivity index (χ1n) is 15.4. The van der Waals surface area contributed by atoms with E-state index in [1.54, 1.807) is 49.5 Å². The summed E-state index contributed by atoms with van der Waals surface area (Å²) in [7, 11) is 5.93. The van der Waals surface area contributed by atoms with E-state index in [0.29, 0.717) is 18.8 Å². The van der Waals surface area contributed by atoms with Crippen molar-refractivity contribution in [2.45, 2.75) is 26.9 Å². The first-order chi connectivity index (χ1) is 24.2. The van der Waals surface area contributed by atoms with Crippen molar-refractivity contribution in [1.82, 2.24) is 40.0 Å². The minimum Gasteiger partial charge on any atom is -0.497 e. The molecular weight excluding hydrogens is 640 g/mol. The molecule has 0 saturated carbocycles. The summed E-state index contributed by atoms with van der Waals surface area (Å²) in [4.78, 5) is 31.4. The van der Waals surface area contributed by atoms with E-state index < -0.39 is 11.9 Å². The third kappa shape index (κ3) is 8.16. The summed E-state index contributed by atoms with van der Waals surface area (Å²) in [5, 5.41) is 16.9. The smallest absolute Gasteiger partial charge is 0.356 e. The molecule has 0 saturated heterocycles. The van der Waals surface area contributed by atoms with Gasteiger partial charge in [-0.3, -0.25) is 0 Å². The SMILES string of the molecule is COC(=O)c1cc(-c2c(C)nnn2Cc2ccc(OC)cc2)ccn1.COC(=O)c1cc(-c2nnn(Cc3ccc(OC)cc3)c2C)ccn1. The first kappa shape index (κ1) is 34.9. The highest BCUT2D eigenvalue weighted by molar-refractivity contribution is 5.89. The molecule has 0 amide bonds. The van der Waals surface area contributed by atoms with Crippen LogP contribution in [0.2, 0.25) is 0 Å². The highest BCUT2D eigenvalue weighted by Crippen LogP contribution is 2.24. The van der Waals surface area contributed by atoms with Gasteiger partial charge >= 0.3 is 11.9 Å². The number of methoxy groups -OCH3 is 4. The largest absolute Gasteiger partial charge is 0.497 e. The van der Waals surface area contributed by atoms with Crippen LogP contribution in [0.1, 0.15) is 43.5 Å². The molecule has 2 aromatic carbocycles. The molecule has 0 aliphatic carbocycles. The van der Waals surface area contributed by atoms with Gasteiger partial charge in [0.15, 0.2) is 0 Å². The average Bonchev–Trinajstić information content (AvgIpc) is 3.72. The van der Waals surface area contributed by atoms with Crippen LogP contribution in [0.4, 0.5) is 0 Å². The summed E-state index contributed by atoms with van der Waals surface area (Å²) in [5.41, 5.74) is 7.44. The molecule has 0 radical (unpaired) electrons. The van der Waals surface area contributed by atoms with Gasteiger partial charge in [-0.2, -0.15) is 0 Å². The van der Waals surface area contributed by atoms with E-state index in [9.17, 15) is 9.59 Å². The fraction of sp³-hybridized carbons (Fsp3) is 0.222. The first-order valence-corrected chi connectivity index (χ1v) is 15.4. The van der Waals surface area contributed by atoms with E-state index in [2.05, 4.69) is 30.6 Å². The van der Waals surface area contributed by atoms with Crippen LogP contribution in [0, 0.1) is 13.8 Å². The molecular formula is C36H36N8O6. The summed E-state index contributed by atoms with van der Waals surface area (Å²) in [5.74, 6) is 0.654. The molecule has 4 heterocycles. The van der Waals surface area contributed by atoms with Crippen molar-refractivity contribution in [3.8, 4) is 34.0 Å². The average molecular weight is 677 g/mol. The third-order valence-corrected chi connectivity index (χ3v) is 7.72. The topological polar surface area (TPSA) is 158 Å². The van der Waals surface area contributed by atoms with Crippen LogP contribution in [0.15, 0.2) is 85.2 Å². The van der Waals surface area contributed by atoms with Crippen LogP contribution in [0.25, 0.3) is 22.5 Å². The molecule has 0 aliphatic rings. The number of carbonyl (C=O) groups is 2. The molecule has 0 aliphatic heterocycles. The molecule has 6 aromatic rings. The summed E-state index contributed by atoms with van der Waals surface area (Å²) >= 11 is 0. The molecule has 0 unspecified atom stereocenters. The Morgan fingerprint density at radius 2 is 1.10 bits per heavy atom. The van der Waals surface area contributed by atoms with E-state index in [1.807, 2.05) is 73.1 Å². The predicted octanol–water partition coefficient (Wildman–Crippen LogP) is 4.98. The number of esters is 2. The van der Waals surface area contributed by atoms with E-state index in [4.69, 9.17) is 18.9 Å². The second-order valence-corrected chi connectivity index (χ2v) is 10.9. The van der Waals surface area contributed by atoms with Gasteiger partial charge in [-0.25, -0.2) is 28.9 Å². The van der Waals surface area contributed by atoms with E-state index in [0.717, 1.165) is 50.8 Å². The van der Waals surface area contributed by atoms with Crippen molar-refractivity contribution in [1.29, 1.82) is 0 Å². The second-order valence-electron chi connectivity index (χ2n) is 10.9. The van der Waals surface area contributed by atoms with Gasteiger partial charge in [0.25, 0.3) is 0 Å². The number of hydrogen-bond acceptors (Lipinski definition) is 12. The molecule has 0 bridgehead atoms. The molecule has 0 N–H and O–H groups in total. The van der Waals surface area contributed by atoms with Crippen molar-refractivity contribution in [2.75, 3.05) is 28.4 Å². The maximum Gasteiger partial charge on any atom is 0.356 e. The van der Waals surface area contributed by atoms with E-state index in [1.165, 1.54) is 14.2 Å². The van der Waals surface area contributed by atoms with Crippen LogP contribution < -0.4 is 9.47 Å². The van der Waals surface area contributed by atoms with Crippen molar-refractivity contribution in [3.63, 3.8) is 0 Å². The number of pyridine rings is 2. The number of hydrogen-bond donors (Lipinski definition) is 0. The summed E-state index contributed by atoms with van der Waals surface area (Å²) in [6.07, 6.45) is 3.13. The van der Waals surface area contributed by atoms with Crippen molar-refractivity contribution in [2.24, 2.45) is 0 Å². The number of ether oxygens (including phenoxy) is 4. The lowest BCUT2D eigenvalue weighted by atomic mass is 10.1. The van der Waals surface area contributed by atoms with Crippen LogP contribution in [0.3, 0.4) is 0 Å². The summed E-state index contributed by atoms with van der Waals surface area (Å²) in [6, 6.07) is 22.5. The lowest BCUT2D eigenvalue weighted by Gasteiger charge is -2.09. The third-order valence-electron chi connectivity index (χ3n) is 7.72. The summed E-state index contributed by atoms with van der Waals surface area (Å²) in [6.45, 7) is 4.97. The van der Waals surface area contributed by atoms with Gasteiger partial charge in [0.2, 0.25) is 0 Å². The quantitative estimate of drug-likeness (QED) is 0.179. The monoisotopic (exact) mass is 676 g/mol. The van der Waals surface area contributed by atoms with Crippen molar-refractivity contribution in [3.05, 3.63) is 119 Å². The minimum absolute atomic E-state index is 0.240. The van der Waals surface area contributed by atoms with Gasteiger partial charge in [0.05, 0.1) is 58.6 Å². The fourth-order valence-electron chi connectivity index (χ4n) is 5.04. The van der Waals surface area contributed by atoms with Gasteiger partial charge in [0, 0.05) is 23.5 Å². The molecule has 256 valence electrons. The zero-order valence-electron chi connectivity index (χ0n) is 28.5. The lowest BCUT2D eigenvalue weighted by Crippen LogP contribution is -2.07. The number of benzene rings is 2.